The van der Waals surface area contributed by atoms with Gasteiger partial charge in [-0.1, -0.05) is 13.3 Å². The molecule has 0 atom stereocenters. The molecule has 0 aliphatic carbocycles. The first-order valence-corrected chi connectivity index (χ1v) is 6.65. The largest absolute Gasteiger partial charge is 0.480 e. The molecule has 2 N–H and O–H groups in total. The number of alkyl halides is 3. The van der Waals surface area contributed by atoms with E-state index in [1.54, 1.807) is 0 Å². The number of carboxylic acids is 1. The molecular formula is C12H21F3N2O4. The van der Waals surface area contributed by atoms with Gasteiger partial charge in [-0.2, -0.15) is 13.2 Å². The first-order valence-electron chi connectivity index (χ1n) is 6.65. The molecule has 6 nitrogen and oxygen atoms in total. The van der Waals surface area contributed by atoms with Crippen LogP contribution in [0.1, 0.15) is 26.2 Å². The molecule has 0 aromatic rings. The predicted octanol–water partition coefficient (Wildman–Crippen LogP) is 1.85. The minimum atomic E-state index is -4.64. The highest BCUT2D eigenvalue weighted by Crippen LogP contribution is 2.16. The summed E-state index contributed by atoms with van der Waals surface area (Å²) in [4.78, 5) is 22.2. The maximum atomic E-state index is 12.2. The summed E-state index contributed by atoms with van der Waals surface area (Å²) in [5.41, 5.74) is 0. The van der Waals surface area contributed by atoms with Crippen LogP contribution >= 0.6 is 0 Å². The molecular weight excluding hydrogens is 293 g/mol. The van der Waals surface area contributed by atoms with Crippen molar-refractivity contribution in [3.05, 3.63) is 0 Å². The Bertz CT molecular complexity index is 324. The number of hydrogen-bond donors (Lipinski definition) is 2. The Kier molecular flexibility index (Phi) is 9.51. The molecule has 21 heavy (non-hydrogen) atoms. The lowest BCUT2D eigenvalue weighted by molar-refractivity contribution is -0.148. The normalized spacial score (nSPS) is 11.2. The summed E-state index contributed by atoms with van der Waals surface area (Å²) >= 11 is 0. The van der Waals surface area contributed by atoms with Crippen LogP contribution in [0.25, 0.3) is 0 Å². The van der Waals surface area contributed by atoms with Crippen molar-refractivity contribution in [3.63, 3.8) is 0 Å². The number of unbranched alkanes of at least 4 members (excludes halogenated alkanes) is 1. The number of nitrogens with zero attached hydrogens (tertiary/aromatic N) is 1. The van der Waals surface area contributed by atoms with Gasteiger partial charge in [0.1, 0.15) is 13.1 Å². The fourth-order valence-corrected chi connectivity index (χ4v) is 1.41. The van der Waals surface area contributed by atoms with Gasteiger partial charge in [-0.15, -0.1) is 0 Å². The monoisotopic (exact) mass is 314 g/mol. The molecule has 0 unspecified atom stereocenters. The van der Waals surface area contributed by atoms with Crippen molar-refractivity contribution >= 4 is 12.0 Å². The molecule has 0 aromatic heterocycles. The minimum Gasteiger partial charge on any atom is -0.480 e. The Morgan fingerprint density at radius 3 is 2.38 bits per heavy atom. The topological polar surface area (TPSA) is 78.9 Å². The van der Waals surface area contributed by atoms with Gasteiger partial charge in [0, 0.05) is 19.8 Å². The number of carboxylic acid groups (broad SMARTS) is 1. The van der Waals surface area contributed by atoms with Crippen LogP contribution in [-0.4, -0.2) is 61.0 Å². The van der Waals surface area contributed by atoms with Gasteiger partial charge >= 0.3 is 18.2 Å². The SMILES string of the molecule is CCCCOCCCNC(=O)N(CC(=O)O)CC(F)(F)F. The number of rotatable bonds is 10. The molecule has 0 rings (SSSR count). The van der Waals surface area contributed by atoms with Crippen LogP contribution in [0.4, 0.5) is 18.0 Å². The van der Waals surface area contributed by atoms with Crippen LogP contribution < -0.4 is 5.32 Å². The highest BCUT2D eigenvalue weighted by Gasteiger charge is 2.33. The van der Waals surface area contributed by atoms with Crippen molar-refractivity contribution < 1.29 is 32.6 Å². The predicted molar refractivity (Wildman–Crippen MR) is 69.0 cm³/mol. The molecule has 0 heterocycles. The van der Waals surface area contributed by atoms with Crippen molar-refractivity contribution in [1.82, 2.24) is 10.2 Å². The Labute approximate surface area is 121 Å². The third-order valence-electron chi connectivity index (χ3n) is 2.37. The number of hydrogen-bond acceptors (Lipinski definition) is 3. The zero-order chi connectivity index (χ0) is 16.3. The van der Waals surface area contributed by atoms with Crippen molar-refractivity contribution in [1.29, 1.82) is 0 Å². The number of urea groups is 1. The average Bonchev–Trinajstić information content (AvgIpc) is 2.34. The van der Waals surface area contributed by atoms with Gasteiger partial charge in [0.15, 0.2) is 0 Å². The van der Waals surface area contributed by atoms with Gasteiger partial charge < -0.3 is 20.1 Å². The smallest absolute Gasteiger partial charge is 0.406 e. The summed E-state index contributed by atoms with van der Waals surface area (Å²) in [6.07, 6.45) is -2.28. The quantitative estimate of drug-likeness (QED) is 0.603. The third-order valence-corrected chi connectivity index (χ3v) is 2.37. The lowest BCUT2D eigenvalue weighted by Crippen LogP contribution is -2.47. The zero-order valence-electron chi connectivity index (χ0n) is 11.9. The second-order valence-electron chi connectivity index (χ2n) is 4.42. The molecule has 0 aliphatic rings. The van der Waals surface area contributed by atoms with E-state index in [1.165, 1.54) is 0 Å². The molecule has 0 aliphatic heterocycles. The van der Waals surface area contributed by atoms with E-state index in [2.05, 4.69) is 5.32 Å². The lowest BCUT2D eigenvalue weighted by Gasteiger charge is -2.22. The summed E-state index contributed by atoms with van der Waals surface area (Å²) in [5.74, 6) is -1.50. The molecule has 0 saturated heterocycles. The van der Waals surface area contributed by atoms with E-state index in [0.29, 0.717) is 19.6 Å². The molecule has 0 saturated carbocycles. The van der Waals surface area contributed by atoms with E-state index in [-0.39, 0.29) is 11.4 Å². The maximum absolute atomic E-state index is 12.2. The van der Waals surface area contributed by atoms with Crippen LogP contribution in [0.3, 0.4) is 0 Å². The van der Waals surface area contributed by atoms with Crippen LogP contribution in [0.2, 0.25) is 0 Å². The second kappa shape index (κ2) is 10.3. The van der Waals surface area contributed by atoms with E-state index >= 15 is 0 Å². The van der Waals surface area contributed by atoms with E-state index in [4.69, 9.17) is 9.84 Å². The Morgan fingerprint density at radius 1 is 1.24 bits per heavy atom. The number of carbonyl (C=O) groups is 2. The Morgan fingerprint density at radius 2 is 1.86 bits per heavy atom. The summed E-state index contributed by atoms with van der Waals surface area (Å²) in [5, 5.41) is 10.8. The number of nitrogens with one attached hydrogen (secondary N) is 1. The molecule has 124 valence electrons. The number of ether oxygens (including phenoxy) is 1. The minimum absolute atomic E-state index is 0.124. The van der Waals surface area contributed by atoms with Gasteiger partial charge in [0.2, 0.25) is 0 Å². The Hall–Kier alpha value is -1.51. The summed E-state index contributed by atoms with van der Waals surface area (Å²) < 4.78 is 42.0. The van der Waals surface area contributed by atoms with Crippen molar-refractivity contribution in [2.45, 2.75) is 32.4 Å². The summed E-state index contributed by atoms with van der Waals surface area (Å²) in [6.45, 7) is 0.527. The molecule has 0 fully saturated rings. The lowest BCUT2D eigenvalue weighted by atomic mass is 10.4. The number of amides is 2. The van der Waals surface area contributed by atoms with Gasteiger partial charge in [0.05, 0.1) is 0 Å². The Balaban J connectivity index is 4.02. The first-order chi connectivity index (χ1) is 9.76. The van der Waals surface area contributed by atoms with Crippen LogP contribution in [0.5, 0.6) is 0 Å². The van der Waals surface area contributed by atoms with Gasteiger partial charge in [0.25, 0.3) is 0 Å². The molecule has 2 amide bonds. The molecule has 0 aromatic carbocycles. The van der Waals surface area contributed by atoms with Crippen molar-refractivity contribution in [3.8, 4) is 0 Å². The van der Waals surface area contributed by atoms with Gasteiger partial charge in [-0.25, -0.2) is 4.79 Å². The zero-order valence-corrected chi connectivity index (χ0v) is 11.9. The van der Waals surface area contributed by atoms with Crippen molar-refractivity contribution in [2.75, 3.05) is 32.8 Å². The number of aliphatic carboxylic acids is 1. The second-order valence-corrected chi connectivity index (χ2v) is 4.42. The standard InChI is InChI=1S/C12H21F3N2O4/c1-2-3-6-21-7-4-5-16-11(20)17(8-10(18)19)9-12(13,14)15/h2-9H2,1H3,(H,16,20)(H,18,19). The average molecular weight is 314 g/mol. The third kappa shape index (κ3) is 12.0. The van der Waals surface area contributed by atoms with E-state index in [1.807, 2.05) is 6.92 Å². The fraction of sp³-hybridized carbons (Fsp3) is 0.833. The van der Waals surface area contributed by atoms with Gasteiger partial charge in [-0.05, 0) is 12.8 Å². The molecule has 0 spiro atoms. The molecule has 0 radical (unpaired) electrons. The highest BCUT2D eigenvalue weighted by atomic mass is 19.4. The van der Waals surface area contributed by atoms with Crippen LogP contribution in [0.15, 0.2) is 0 Å². The first kappa shape index (κ1) is 19.5. The fourth-order valence-electron chi connectivity index (χ4n) is 1.41. The van der Waals surface area contributed by atoms with E-state index < -0.39 is 31.3 Å². The van der Waals surface area contributed by atoms with Gasteiger partial charge in [-0.3, -0.25) is 4.79 Å². The molecule has 9 heteroatoms. The van der Waals surface area contributed by atoms with E-state index in [9.17, 15) is 22.8 Å². The summed E-state index contributed by atoms with van der Waals surface area (Å²) in [7, 11) is 0. The highest BCUT2D eigenvalue weighted by molar-refractivity contribution is 5.80. The maximum Gasteiger partial charge on any atom is 0.406 e. The van der Waals surface area contributed by atoms with E-state index in [0.717, 1.165) is 12.8 Å². The summed E-state index contributed by atoms with van der Waals surface area (Å²) in [6, 6.07) is -1.05. The number of carbonyl (C=O) groups excluding carboxylic acids is 1. The molecule has 0 bridgehead atoms. The number of halogens is 3. The van der Waals surface area contributed by atoms with Crippen LogP contribution in [-0.2, 0) is 9.53 Å². The van der Waals surface area contributed by atoms with Crippen LogP contribution in [0, 0.1) is 0 Å². The van der Waals surface area contributed by atoms with Crippen molar-refractivity contribution in [2.24, 2.45) is 0 Å².